The van der Waals surface area contributed by atoms with Crippen LogP contribution in [0.15, 0.2) is 0 Å². The largest absolute Gasteiger partial charge is 0.393 e. The number of hydrogen-bond acceptors (Lipinski definition) is 1. The molecule has 0 saturated carbocycles. The number of aliphatic hydroxyl groups is 1. The molecule has 0 fully saturated rings. The lowest BCUT2D eigenvalue weighted by molar-refractivity contribution is 0.149. The summed E-state index contributed by atoms with van der Waals surface area (Å²) in [6.45, 7) is 7.76. The Morgan fingerprint density at radius 1 is 1.62 bits per heavy atom. The van der Waals surface area contributed by atoms with Crippen LogP contribution in [0.2, 0.25) is 0 Å². The van der Waals surface area contributed by atoms with Gasteiger partial charge in [0, 0.05) is 0 Å². The molecule has 0 aliphatic carbocycles. The summed E-state index contributed by atoms with van der Waals surface area (Å²) in [7, 11) is 0. The molecule has 0 aliphatic rings. The van der Waals surface area contributed by atoms with Crippen LogP contribution in [0.25, 0.3) is 0 Å². The SMILES string of the molecule is [CH2]C(C)CC(O)CC. The molecule has 0 aliphatic heterocycles. The van der Waals surface area contributed by atoms with E-state index in [9.17, 15) is 0 Å². The van der Waals surface area contributed by atoms with E-state index in [1.54, 1.807) is 0 Å². The highest BCUT2D eigenvalue weighted by molar-refractivity contribution is 4.60. The lowest BCUT2D eigenvalue weighted by Crippen LogP contribution is -2.07. The highest BCUT2D eigenvalue weighted by atomic mass is 16.3. The van der Waals surface area contributed by atoms with Gasteiger partial charge in [-0.2, -0.15) is 0 Å². The maximum atomic E-state index is 8.99. The van der Waals surface area contributed by atoms with Crippen LogP contribution in [0, 0.1) is 12.8 Å². The van der Waals surface area contributed by atoms with E-state index in [4.69, 9.17) is 5.11 Å². The first-order chi connectivity index (χ1) is 3.66. The van der Waals surface area contributed by atoms with Gasteiger partial charge in [0.15, 0.2) is 0 Å². The standard InChI is InChI=1S/C7H15O/c1-4-7(8)5-6(2)3/h6-8H,2,4-5H2,1,3H3. The van der Waals surface area contributed by atoms with E-state index >= 15 is 0 Å². The predicted molar refractivity (Wildman–Crippen MR) is 35.4 cm³/mol. The van der Waals surface area contributed by atoms with Gasteiger partial charge in [0.25, 0.3) is 0 Å². The third kappa shape index (κ3) is 4.13. The molecule has 49 valence electrons. The molecule has 0 heterocycles. The topological polar surface area (TPSA) is 20.2 Å². The molecule has 2 atom stereocenters. The summed E-state index contributed by atoms with van der Waals surface area (Å²) in [4.78, 5) is 0. The predicted octanol–water partition coefficient (Wildman–Crippen LogP) is 1.62. The molecule has 0 saturated heterocycles. The van der Waals surface area contributed by atoms with Crippen molar-refractivity contribution in [2.45, 2.75) is 32.8 Å². The van der Waals surface area contributed by atoms with Crippen molar-refractivity contribution in [2.75, 3.05) is 0 Å². The van der Waals surface area contributed by atoms with Gasteiger partial charge in [-0.05, 0) is 18.8 Å². The normalized spacial score (nSPS) is 14.6. The maximum Gasteiger partial charge on any atom is 0.0540 e. The summed E-state index contributed by atoms with van der Waals surface area (Å²) in [5, 5.41) is 8.99. The molecule has 1 nitrogen and oxygen atoms in total. The van der Waals surface area contributed by atoms with Crippen LogP contribution in [0.3, 0.4) is 0 Å². The van der Waals surface area contributed by atoms with E-state index in [2.05, 4.69) is 6.92 Å². The third-order valence-corrected chi connectivity index (χ3v) is 1.15. The lowest BCUT2D eigenvalue weighted by Gasteiger charge is -2.08. The zero-order valence-corrected chi connectivity index (χ0v) is 5.72. The summed E-state index contributed by atoms with van der Waals surface area (Å²) >= 11 is 0. The van der Waals surface area contributed by atoms with Gasteiger partial charge in [-0.25, -0.2) is 0 Å². The number of rotatable bonds is 3. The third-order valence-electron chi connectivity index (χ3n) is 1.15. The summed E-state index contributed by atoms with van der Waals surface area (Å²) in [6.07, 6.45) is 1.54. The highest BCUT2D eigenvalue weighted by Gasteiger charge is 2.01. The van der Waals surface area contributed by atoms with Gasteiger partial charge in [-0.1, -0.05) is 20.8 Å². The minimum Gasteiger partial charge on any atom is -0.393 e. The van der Waals surface area contributed by atoms with Crippen molar-refractivity contribution >= 4 is 0 Å². The average molecular weight is 115 g/mol. The zero-order valence-electron chi connectivity index (χ0n) is 5.72. The van der Waals surface area contributed by atoms with Crippen molar-refractivity contribution in [1.29, 1.82) is 0 Å². The second-order valence-corrected chi connectivity index (χ2v) is 2.40. The van der Waals surface area contributed by atoms with Gasteiger partial charge >= 0.3 is 0 Å². The van der Waals surface area contributed by atoms with E-state index < -0.39 is 0 Å². The fraction of sp³-hybridized carbons (Fsp3) is 0.857. The van der Waals surface area contributed by atoms with Crippen molar-refractivity contribution in [3.63, 3.8) is 0 Å². The molecule has 8 heavy (non-hydrogen) atoms. The fourth-order valence-electron chi connectivity index (χ4n) is 0.631. The maximum absolute atomic E-state index is 8.99. The van der Waals surface area contributed by atoms with Gasteiger partial charge in [-0.3, -0.25) is 0 Å². The minimum absolute atomic E-state index is 0.137. The van der Waals surface area contributed by atoms with Crippen molar-refractivity contribution < 1.29 is 5.11 Å². The average Bonchev–Trinajstić information content (AvgIpc) is 1.65. The summed E-state index contributed by atoms with van der Waals surface area (Å²) in [5.41, 5.74) is 0. The summed E-state index contributed by atoms with van der Waals surface area (Å²) < 4.78 is 0. The fourth-order valence-corrected chi connectivity index (χ4v) is 0.631. The number of aliphatic hydroxyl groups excluding tert-OH is 1. The van der Waals surface area contributed by atoms with E-state index in [0.29, 0.717) is 5.92 Å². The Kier molecular flexibility index (Phi) is 3.88. The first-order valence-corrected chi connectivity index (χ1v) is 3.18. The Bertz CT molecular complexity index is 50.3. The van der Waals surface area contributed by atoms with Crippen LogP contribution in [0.5, 0.6) is 0 Å². The quantitative estimate of drug-likeness (QED) is 0.592. The molecule has 2 unspecified atom stereocenters. The number of hydrogen-bond donors (Lipinski definition) is 1. The molecule has 1 radical (unpaired) electrons. The van der Waals surface area contributed by atoms with E-state index in [0.717, 1.165) is 12.8 Å². The van der Waals surface area contributed by atoms with Gasteiger partial charge in [0.1, 0.15) is 0 Å². The van der Waals surface area contributed by atoms with Crippen LogP contribution in [-0.4, -0.2) is 11.2 Å². The Balaban J connectivity index is 3.10. The van der Waals surface area contributed by atoms with E-state index in [-0.39, 0.29) is 6.10 Å². The molecular formula is C7H15O. The van der Waals surface area contributed by atoms with Crippen LogP contribution < -0.4 is 0 Å². The smallest absolute Gasteiger partial charge is 0.0540 e. The van der Waals surface area contributed by atoms with Crippen LogP contribution in [0.1, 0.15) is 26.7 Å². The second kappa shape index (κ2) is 3.90. The van der Waals surface area contributed by atoms with Gasteiger partial charge in [-0.15, -0.1) is 0 Å². The van der Waals surface area contributed by atoms with Gasteiger partial charge in [0.05, 0.1) is 6.10 Å². The molecule has 0 aromatic carbocycles. The van der Waals surface area contributed by atoms with Crippen LogP contribution in [0.4, 0.5) is 0 Å². The molecule has 0 rings (SSSR count). The highest BCUT2D eigenvalue weighted by Crippen LogP contribution is 2.05. The van der Waals surface area contributed by atoms with Gasteiger partial charge < -0.3 is 5.11 Å². The molecular weight excluding hydrogens is 100 g/mol. The van der Waals surface area contributed by atoms with E-state index in [1.807, 2.05) is 13.8 Å². The second-order valence-electron chi connectivity index (χ2n) is 2.40. The Morgan fingerprint density at radius 2 is 2.12 bits per heavy atom. The lowest BCUT2D eigenvalue weighted by atomic mass is 10.0. The first-order valence-electron chi connectivity index (χ1n) is 3.18. The van der Waals surface area contributed by atoms with Crippen LogP contribution in [-0.2, 0) is 0 Å². The van der Waals surface area contributed by atoms with Crippen molar-refractivity contribution in [1.82, 2.24) is 0 Å². The minimum atomic E-state index is -0.137. The first kappa shape index (κ1) is 7.96. The Labute approximate surface area is 51.7 Å². The molecule has 0 bridgehead atoms. The van der Waals surface area contributed by atoms with Crippen molar-refractivity contribution in [3.05, 3.63) is 6.92 Å². The van der Waals surface area contributed by atoms with Crippen molar-refractivity contribution in [3.8, 4) is 0 Å². The van der Waals surface area contributed by atoms with E-state index in [1.165, 1.54) is 0 Å². The molecule has 0 aromatic heterocycles. The van der Waals surface area contributed by atoms with Gasteiger partial charge in [0.2, 0.25) is 0 Å². The molecule has 1 N–H and O–H groups in total. The summed E-state index contributed by atoms with van der Waals surface area (Å²) in [6, 6.07) is 0. The molecule has 0 aromatic rings. The molecule has 1 heteroatoms. The summed E-state index contributed by atoms with van der Waals surface area (Å²) in [5.74, 6) is 0.380. The molecule has 0 spiro atoms. The monoisotopic (exact) mass is 115 g/mol. The van der Waals surface area contributed by atoms with Crippen LogP contribution >= 0.6 is 0 Å². The molecule has 0 amide bonds. The Morgan fingerprint density at radius 3 is 2.25 bits per heavy atom. The Hall–Kier alpha value is -0.0400. The van der Waals surface area contributed by atoms with Crippen molar-refractivity contribution in [2.24, 2.45) is 5.92 Å². The zero-order chi connectivity index (χ0) is 6.57.